The summed E-state index contributed by atoms with van der Waals surface area (Å²) >= 11 is 0. The van der Waals surface area contributed by atoms with E-state index in [1.807, 2.05) is 26.8 Å². The van der Waals surface area contributed by atoms with Gasteiger partial charge in [0.1, 0.15) is 5.82 Å². The summed E-state index contributed by atoms with van der Waals surface area (Å²) < 4.78 is 0. The van der Waals surface area contributed by atoms with Crippen molar-refractivity contribution in [3.05, 3.63) is 53.7 Å². The number of aryl methyl sites for hydroxylation is 1. The molecule has 2 aromatic rings. The Morgan fingerprint density at radius 2 is 1.73 bits per heavy atom. The summed E-state index contributed by atoms with van der Waals surface area (Å²) in [6.07, 6.45) is 1.72. The van der Waals surface area contributed by atoms with E-state index in [9.17, 15) is 4.79 Å². The van der Waals surface area contributed by atoms with Crippen LogP contribution in [0.4, 0.5) is 11.5 Å². The van der Waals surface area contributed by atoms with Crippen LogP contribution in [0.15, 0.2) is 42.6 Å². The molecule has 138 valence electrons. The van der Waals surface area contributed by atoms with Gasteiger partial charge < -0.3 is 15.1 Å². The lowest BCUT2D eigenvalue weighted by atomic mass is 10.1. The molecule has 0 unspecified atom stereocenters. The minimum atomic E-state index is -0.250. The fourth-order valence-electron chi connectivity index (χ4n) is 3.16. The molecule has 1 aromatic heterocycles. The Bertz CT molecular complexity index is 774. The molecule has 2 heterocycles. The monoisotopic (exact) mass is 352 g/mol. The van der Waals surface area contributed by atoms with Crippen LogP contribution >= 0.6 is 0 Å². The van der Waals surface area contributed by atoms with Crippen LogP contribution in [0.5, 0.6) is 0 Å². The van der Waals surface area contributed by atoms with Crippen LogP contribution in [0.1, 0.15) is 36.7 Å². The summed E-state index contributed by atoms with van der Waals surface area (Å²) in [5, 5.41) is 3.01. The number of aromatic nitrogens is 1. The Balaban J connectivity index is 1.66. The van der Waals surface area contributed by atoms with Crippen molar-refractivity contribution in [3.8, 4) is 0 Å². The summed E-state index contributed by atoms with van der Waals surface area (Å²) in [4.78, 5) is 21.5. The van der Waals surface area contributed by atoms with Crippen molar-refractivity contribution in [2.75, 3.05) is 36.0 Å². The van der Waals surface area contributed by atoms with Gasteiger partial charge in [0.15, 0.2) is 0 Å². The fraction of sp³-hybridized carbons (Fsp3) is 0.429. The first-order valence-electron chi connectivity index (χ1n) is 9.17. The van der Waals surface area contributed by atoms with Crippen LogP contribution in [0.2, 0.25) is 0 Å². The first kappa shape index (κ1) is 18.2. The molecule has 3 rings (SSSR count). The van der Waals surface area contributed by atoms with Crippen molar-refractivity contribution >= 4 is 17.4 Å². The molecular weight excluding hydrogens is 324 g/mol. The summed E-state index contributed by atoms with van der Waals surface area (Å²) in [6.45, 7) is 11.8. The molecule has 1 fully saturated rings. The van der Waals surface area contributed by atoms with E-state index >= 15 is 0 Å². The lowest BCUT2D eigenvalue weighted by Crippen LogP contribution is -2.47. The van der Waals surface area contributed by atoms with Gasteiger partial charge in [-0.15, -0.1) is 0 Å². The second-order valence-electron chi connectivity index (χ2n) is 7.92. The predicted octanol–water partition coefficient (Wildman–Crippen LogP) is 3.24. The van der Waals surface area contributed by atoms with Crippen molar-refractivity contribution in [3.63, 3.8) is 0 Å². The van der Waals surface area contributed by atoms with Crippen LogP contribution < -0.4 is 15.1 Å². The van der Waals surface area contributed by atoms with E-state index in [1.165, 1.54) is 11.3 Å². The van der Waals surface area contributed by atoms with Crippen LogP contribution in [-0.4, -0.2) is 42.6 Å². The maximum Gasteiger partial charge on any atom is 0.251 e. The molecule has 1 amide bonds. The van der Waals surface area contributed by atoms with E-state index in [4.69, 9.17) is 0 Å². The lowest BCUT2D eigenvalue weighted by Gasteiger charge is -2.37. The van der Waals surface area contributed by atoms with E-state index in [0.717, 1.165) is 32.0 Å². The van der Waals surface area contributed by atoms with Crippen molar-refractivity contribution in [2.24, 2.45) is 0 Å². The Kier molecular flexibility index (Phi) is 5.16. The number of nitrogens with one attached hydrogen (secondary N) is 1. The molecule has 26 heavy (non-hydrogen) atoms. The number of pyridine rings is 1. The van der Waals surface area contributed by atoms with Crippen molar-refractivity contribution in [2.45, 2.75) is 33.2 Å². The summed E-state index contributed by atoms with van der Waals surface area (Å²) in [5.74, 6) is 0.815. The molecule has 0 atom stereocenters. The minimum absolute atomic E-state index is 0.0560. The molecule has 5 heteroatoms. The number of hydrogen-bond donors (Lipinski definition) is 1. The number of piperazine rings is 1. The highest BCUT2D eigenvalue weighted by Crippen LogP contribution is 2.21. The third-order valence-electron chi connectivity index (χ3n) is 4.47. The van der Waals surface area contributed by atoms with Gasteiger partial charge in [-0.2, -0.15) is 0 Å². The Labute approximate surface area is 156 Å². The number of carbonyl (C=O) groups excluding carboxylic acids is 1. The first-order chi connectivity index (χ1) is 12.3. The van der Waals surface area contributed by atoms with Crippen LogP contribution in [0.25, 0.3) is 0 Å². The van der Waals surface area contributed by atoms with Gasteiger partial charge in [-0.1, -0.05) is 12.1 Å². The second kappa shape index (κ2) is 7.36. The van der Waals surface area contributed by atoms with E-state index in [2.05, 4.69) is 51.3 Å². The Morgan fingerprint density at radius 3 is 2.38 bits per heavy atom. The lowest BCUT2D eigenvalue weighted by molar-refractivity contribution is 0.0919. The van der Waals surface area contributed by atoms with Crippen LogP contribution in [-0.2, 0) is 0 Å². The fourth-order valence-corrected chi connectivity index (χ4v) is 3.16. The van der Waals surface area contributed by atoms with E-state index in [0.29, 0.717) is 5.56 Å². The molecule has 1 aliphatic rings. The van der Waals surface area contributed by atoms with Crippen LogP contribution in [0, 0.1) is 6.92 Å². The molecule has 0 bridgehead atoms. The topological polar surface area (TPSA) is 48.5 Å². The Morgan fingerprint density at radius 1 is 1.04 bits per heavy atom. The zero-order valence-corrected chi connectivity index (χ0v) is 16.1. The highest BCUT2D eigenvalue weighted by Gasteiger charge is 2.20. The molecule has 1 aliphatic heterocycles. The molecule has 1 saturated heterocycles. The number of benzene rings is 1. The summed E-state index contributed by atoms with van der Waals surface area (Å²) in [7, 11) is 0. The molecule has 1 N–H and O–H groups in total. The quantitative estimate of drug-likeness (QED) is 0.921. The normalized spacial score (nSPS) is 15.1. The number of carbonyl (C=O) groups is 1. The summed E-state index contributed by atoms with van der Waals surface area (Å²) in [5.41, 5.74) is 2.96. The molecule has 0 saturated carbocycles. The number of hydrogen-bond acceptors (Lipinski definition) is 4. The van der Waals surface area contributed by atoms with E-state index in [1.54, 1.807) is 12.3 Å². The highest BCUT2D eigenvalue weighted by molar-refractivity contribution is 5.95. The Hall–Kier alpha value is -2.56. The third-order valence-corrected chi connectivity index (χ3v) is 4.47. The third kappa shape index (κ3) is 4.54. The van der Waals surface area contributed by atoms with Gasteiger partial charge in [0, 0.05) is 49.2 Å². The van der Waals surface area contributed by atoms with Crippen LogP contribution in [0.3, 0.4) is 0 Å². The van der Waals surface area contributed by atoms with E-state index < -0.39 is 0 Å². The smallest absolute Gasteiger partial charge is 0.251 e. The van der Waals surface area contributed by atoms with Gasteiger partial charge >= 0.3 is 0 Å². The highest BCUT2D eigenvalue weighted by atomic mass is 16.1. The van der Waals surface area contributed by atoms with Gasteiger partial charge in [-0.05, 0) is 57.5 Å². The number of amides is 1. The second-order valence-corrected chi connectivity index (χ2v) is 7.92. The van der Waals surface area contributed by atoms with Crippen molar-refractivity contribution in [1.82, 2.24) is 10.3 Å². The predicted molar refractivity (Wildman–Crippen MR) is 107 cm³/mol. The molecule has 0 radical (unpaired) electrons. The van der Waals surface area contributed by atoms with Crippen molar-refractivity contribution < 1.29 is 4.79 Å². The molecule has 1 aromatic carbocycles. The van der Waals surface area contributed by atoms with Gasteiger partial charge in [-0.3, -0.25) is 4.79 Å². The van der Waals surface area contributed by atoms with Gasteiger partial charge in [0.2, 0.25) is 0 Å². The maximum absolute atomic E-state index is 12.4. The number of rotatable bonds is 3. The summed E-state index contributed by atoms with van der Waals surface area (Å²) in [6, 6.07) is 12.3. The largest absolute Gasteiger partial charge is 0.368 e. The van der Waals surface area contributed by atoms with Gasteiger partial charge in [0.05, 0.1) is 0 Å². The molecule has 5 nitrogen and oxygen atoms in total. The molecule has 0 aliphatic carbocycles. The van der Waals surface area contributed by atoms with Crippen molar-refractivity contribution in [1.29, 1.82) is 0 Å². The average Bonchev–Trinajstić information content (AvgIpc) is 2.60. The minimum Gasteiger partial charge on any atom is -0.368 e. The average molecular weight is 352 g/mol. The van der Waals surface area contributed by atoms with Gasteiger partial charge in [0.25, 0.3) is 5.91 Å². The molecule has 0 spiro atoms. The molecular formula is C21H28N4O. The SMILES string of the molecule is Cc1cccc(N2CCN(c3cc(C(=O)NC(C)(C)C)ccn3)CC2)c1. The number of nitrogens with zero attached hydrogens (tertiary/aromatic N) is 3. The maximum atomic E-state index is 12.4. The first-order valence-corrected chi connectivity index (χ1v) is 9.17. The van der Waals surface area contributed by atoms with E-state index in [-0.39, 0.29) is 11.4 Å². The number of anilines is 2. The zero-order chi connectivity index (χ0) is 18.7. The zero-order valence-electron chi connectivity index (χ0n) is 16.1. The van der Waals surface area contributed by atoms with Gasteiger partial charge in [-0.25, -0.2) is 4.98 Å². The standard InChI is InChI=1S/C21H28N4O/c1-16-6-5-7-18(14-16)24-10-12-25(13-11-24)19-15-17(8-9-22-19)20(26)23-21(2,3)4/h5-9,14-15H,10-13H2,1-4H3,(H,23,26).